The molecule has 0 aliphatic heterocycles. The number of amides is 1. The molecular formula is C16H20N2O2. The summed E-state index contributed by atoms with van der Waals surface area (Å²) in [6.45, 7) is 2.29. The first-order valence-corrected chi connectivity index (χ1v) is 6.77. The van der Waals surface area contributed by atoms with Crippen LogP contribution in [0.4, 0.5) is 0 Å². The summed E-state index contributed by atoms with van der Waals surface area (Å²) in [5, 5.41) is 3.01. The number of nitrogens with two attached hydrogens (primary N) is 1. The van der Waals surface area contributed by atoms with Gasteiger partial charge in [0.1, 0.15) is 0 Å². The molecule has 1 aromatic carbocycles. The highest BCUT2D eigenvalue weighted by Crippen LogP contribution is 2.23. The third kappa shape index (κ3) is 3.38. The average Bonchev–Trinajstić information content (AvgIpc) is 2.41. The lowest BCUT2D eigenvalue weighted by Crippen LogP contribution is -2.47. The Morgan fingerprint density at radius 3 is 2.90 bits per heavy atom. The molecule has 3 N–H and O–H groups in total. The number of rotatable bonds is 3. The van der Waals surface area contributed by atoms with E-state index >= 15 is 0 Å². The quantitative estimate of drug-likeness (QED) is 0.813. The van der Waals surface area contributed by atoms with E-state index in [9.17, 15) is 4.79 Å². The van der Waals surface area contributed by atoms with Crippen molar-refractivity contribution < 1.29 is 9.53 Å². The second-order valence-corrected chi connectivity index (χ2v) is 5.04. The normalized spacial score (nSPS) is 20.6. The molecule has 1 amide bonds. The van der Waals surface area contributed by atoms with E-state index in [0.29, 0.717) is 12.1 Å². The molecule has 1 aliphatic carbocycles. The number of aryl methyl sites for hydroxylation is 1. The highest BCUT2D eigenvalue weighted by molar-refractivity contribution is 5.95. The zero-order chi connectivity index (χ0) is 14.5. The molecule has 0 bridgehead atoms. The molecule has 1 aromatic rings. The Labute approximate surface area is 119 Å². The van der Waals surface area contributed by atoms with E-state index in [0.717, 1.165) is 24.0 Å². The molecule has 1 aliphatic rings. The van der Waals surface area contributed by atoms with E-state index in [-0.39, 0.29) is 18.1 Å². The first-order chi connectivity index (χ1) is 9.63. The lowest BCUT2D eigenvalue weighted by atomic mass is 9.89. The van der Waals surface area contributed by atoms with Crippen LogP contribution in [0.25, 0.3) is 0 Å². The number of hydrogen-bond donors (Lipinski definition) is 2. The van der Waals surface area contributed by atoms with Crippen molar-refractivity contribution in [3.05, 3.63) is 34.9 Å². The number of nitrogens with one attached hydrogen (secondary N) is 1. The number of carbonyl (C=O) groups is 1. The SMILES string of the molecule is COC1CC(NC(=O)c2ccc(C)c(C#CCN)c2)C1. The zero-order valence-corrected chi connectivity index (χ0v) is 11.9. The highest BCUT2D eigenvalue weighted by Gasteiger charge is 2.30. The smallest absolute Gasteiger partial charge is 0.251 e. The van der Waals surface area contributed by atoms with Gasteiger partial charge in [0.05, 0.1) is 12.6 Å². The molecule has 1 fully saturated rings. The Kier molecular flexibility index (Phi) is 4.78. The summed E-state index contributed by atoms with van der Waals surface area (Å²) >= 11 is 0. The lowest BCUT2D eigenvalue weighted by Gasteiger charge is -2.34. The molecule has 0 spiro atoms. The van der Waals surface area contributed by atoms with E-state index < -0.39 is 0 Å². The number of ether oxygens (including phenoxy) is 1. The molecule has 4 nitrogen and oxygen atoms in total. The van der Waals surface area contributed by atoms with Crippen molar-refractivity contribution in [1.82, 2.24) is 5.32 Å². The fourth-order valence-electron chi connectivity index (χ4n) is 2.19. The molecule has 0 aromatic heterocycles. The van der Waals surface area contributed by atoms with E-state index in [1.165, 1.54) is 0 Å². The Morgan fingerprint density at radius 1 is 1.50 bits per heavy atom. The maximum atomic E-state index is 12.2. The maximum Gasteiger partial charge on any atom is 0.251 e. The second kappa shape index (κ2) is 6.56. The first-order valence-electron chi connectivity index (χ1n) is 6.77. The predicted octanol–water partition coefficient (Wildman–Crippen LogP) is 1.21. The largest absolute Gasteiger partial charge is 0.381 e. The van der Waals surface area contributed by atoms with Gasteiger partial charge in [-0.1, -0.05) is 17.9 Å². The average molecular weight is 272 g/mol. The minimum absolute atomic E-state index is 0.0552. The van der Waals surface area contributed by atoms with Crippen LogP contribution in [0.15, 0.2) is 18.2 Å². The van der Waals surface area contributed by atoms with Gasteiger partial charge in [0.15, 0.2) is 0 Å². The third-order valence-electron chi connectivity index (χ3n) is 3.59. The summed E-state index contributed by atoms with van der Waals surface area (Å²) in [4.78, 5) is 12.2. The van der Waals surface area contributed by atoms with Crippen LogP contribution in [0.1, 0.15) is 34.3 Å². The molecular weight excluding hydrogens is 252 g/mol. The third-order valence-corrected chi connectivity index (χ3v) is 3.59. The van der Waals surface area contributed by atoms with Crippen molar-refractivity contribution in [2.24, 2.45) is 5.73 Å². The van der Waals surface area contributed by atoms with Crippen molar-refractivity contribution in [3.8, 4) is 11.8 Å². The van der Waals surface area contributed by atoms with Gasteiger partial charge in [-0.25, -0.2) is 0 Å². The molecule has 0 heterocycles. The van der Waals surface area contributed by atoms with E-state index in [4.69, 9.17) is 10.5 Å². The van der Waals surface area contributed by atoms with Gasteiger partial charge in [-0.05, 0) is 37.5 Å². The van der Waals surface area contributed by atoms with Crippen LogP contribution in [-0.2, 0) is 4.74 Å². The molecule has 1 saturated carbocycles. The van der Waals surface area contributed by atoms with Gasteiger partial charge in [0, 0.05) is 24.3 Å². The standard InChI is InChI=1S/C16H20N2O2/c1-11-5-6-13(8-12(11)4-3-7-17)16(19)18-14-9-15(10-14)20-2/h5-6,8,14-15H,7,9-10,17H2,1-2H3,(H,18,19). The summed E-state index contributed by atoms with van der Waals surface area (Å²) in [5.41, 5.74) is 7.91. The van der Waals surface area contributed by atoms with Crippen LogP contribution in [0.5, 0.6) is 0 Å². The fraction of sp³-hybridized carbons (Fsp3) is 0.438. The van der Waals surface area contributed by atoms with Crippen LogP contribution in [0.2, 0.25) is 0 Å². The highest BCUT2D eigenvalue weighted by atomic mass is 16.5. The Bertz CT molecular complexity index is 551. The summed E-state index contributed by atoms with van der Waals surface area (Å²) < 4.78 is 5.20. The molecule has 0 radical (unpaired) electrons. The van der Waals surface area contributed by atoms with E-state index in [1.807, 2.05) is 25.1 Å². The minimum Gasteiger partial charge on any atom is -0.381 e. The van der Waals surface area contributed by atoms with E-state index in [1.54, 1.807) is 7.11 Å². The van der Waals surface area contributed by atoms with E-state index in [2.05, 4.69) is 17.2 Å². The van der Waals surface area contributed by atoms with Gasteiger partial charge >= 0.3 is 0 Å². The Balaban J connectivity index is 2.03. The second-order valence-electron chi connectivity index (χ2n) is 5.04. The van der Waals surface area contributed by atoms with Crippen molar-refractivity contribution >= 4 is 5.91 Å². The topological polar surface area (TPSA) is 64.3 Å². The molecule has 4 heteroatoms. The number of carbonyl (C=O) groups excluding carboxylic acids is 1. The monoisotopic (exact) mass is 272 g/mol. The number of benzene rings is 1. The van der Waals surface area contributed by atoms with Crippen molar-refractivity contribution in [3.63, 3.8) is 0 Å². The number of hydrogen-bond acceptors (Lipinski definition) is 3. The Morgan fingerprint density at radius 2 is 2.25 bits per heavy atom. The zero-order valence-electron chi connectivity index (χ0n) is 11.9. The molecule has 20 heavy (non-hydrogen) atoms. The summed E-state index contributed by atoms with van der Waals surface area (Å²) in [5.74, 6) is 5.75. The number of methoxy groups -OCH3 is 1. The molecule has 0 atom stereocenters. The van der Waals surface area contributed by atoms with Gasteiger partial charge in [-0.15, -0.1) is 0 Å². The van der Waals surface area contributed by atoms with Gasteiger partial charge in [-0.2, -0.15) is 0 Å². The predicted molar refractivity (Wildman–Crippen MR) is 78.4 cm³/mol. The van der Waals surface area contributed by atoms with Crippen LogP contribution in [0, 0.1) is 18.8 Å². The minimum atomic E-state index is -0.0552. The molecule has 106 valence electrons. The van der Waals surface area contributed by atoms with Crippen molar-refractivity contribution in [2.75, 3.05) is 13.7 Å². The summed E-state index contributed by atoms with van der Waals surface area (Å²) in [6, 6.07) is 5.77. The van der Waals surface area contributed by atoms with Gasteiger partial charge in [0.2, 0.25) is 0 Å². The van der Waals surface area contributed by atoms with Gasteiger partial charge < -0.3 is 15.8 Å². The van der Waals surface area contributed by atoms with Crippen molar-refractivity contribution in [2.45, 2.75) is 31.9 Å². The summed E-state index contributed by atoms with van der Waals surface area (Å²) in [6.07, 6.45) is 2.05. The molecule has 0 unspecified atom stereocenters. The van der Waals surface area contributed by atoms with Crippen molar-refractivity contribution in [1.29, 1.82) is 0 Å². The maximum absolute atomic E-state index is 12.2. The van der Waals surface area contributed by atoms with Gasteiger partial charge in [0.25, 0.3) is 5.91 Å². The molecule has 2 rings (SSSR count). The molecule has 0 saturated heterocycles. The van der Waals surface area contributed by atoms with Crippen LogP contribution >= 0.6 is 0 Å². The fourth-order valence-corrected chi connectivity index (χ4v) is 2.19. The van der Waals surface area contributed by atoms with Crippen LogP contribution < -0.4 is 11.1 Å². The summed E-state index contributed by atoms with van der Waals surface area (Å²) in [7, 11) is 1.70. The lowest BCUT2D eigenvalue weighted by molar-refractivity contribution is 0.0176. The first kappa shape index (κ1) is 14.6. The van der Waals surface area contributed by atoms with Gasteiger partial charge in [-0.3, -0.25) is 4.79 Å². The van der Waals surface area contributed by atoms with Crippen LogP contribution in [-0.4, -0.2) is 31.7 Å². The van der Waals surface area contributed by atoms with Crippen LogP contribution in [0.3, 0.4) is 0 Å². The Hall–Kier alpha value is -1.83.